The van der Waals surface area contributed by atoms with Crippen LogP contribution in [0.5, 0.6) is 0 Å². The molecule has 0 bridgehead atoms. The maximum absolute atomic E-state index is 11.4. The van der Waals surface area contributed by atoms with E-state index < -0.39 is 10.8 Å². The molecule has 0 saturated carbocycles. The predicted molar refractivity (Wildman–Crippen MR) is 64.0 cm³/mol. The Morgan fingerprint density at radius 2 is 2.13 bits per heavy atom. The van der Waals surface area contributed by atoms with Gasteiger partial charge in [0.15, 0.2) is 0 Å². The third-order valence-electron chi connectivity index (χ3n) is 2.26. The number of carbonyl (C=O) groups excluding carboxylic acids is 1. The molecule has 5 heteroatoms. The minimum absolute atomic E-state index is 0.00338. The fourth-order valence-electron chi connectivity index (χ4n) is 1.16. The summed E-state index contributed by atoms with van der Waals surface area (Å²) >= 11 is 0. The molecule has 0 aliphatic rings. The summed E-state index contributed by atoms with van der Waals surface area (Å²) in [6.07, 6.45) is 3.85. The molecule has 0 aromatic carbocycles. The Balaban J connectivity index is 3.70. The van der Waals surface area contributed by atoms with Crippen molar-refractivity contribution in [2.75, 3.05) is 12.8 Å². The van der Waals surface area contributed by atoms with Gasteiger partial charge in [0.1, 0.15) is 0 Å². The zero-order valence-corrected chi connectivity index (χ0v) is 10.6. The highest BCUT2D eigenvalue weighted by Crippen LogP contribution is 1.98. The third kappa shape index (κ3) is 7.50. The Labute approximate surface area is 94.4 Å². The minimum atomic E-state index is -0.889. The Morgan fingerprint density at radius 3 is 2.60 bits per heavy atom. The van der Waals surface area contributed by atoms with Gasteiger partial charge < -0.3 is 11.1 Å². The summed E-state index contributed by atoms with van der Waals surface area (Å²) in [6.45, 7) is 4.35. The zero-order valence-electron chi connectivity index (χ0n) is 9.79. The van der Waals surface area contributed by atoms with Gasteiger partial charge >= 0.3 is 0 Å². The molecular weight excluding hydrogens is 212 g/mol. The Hall–Kier alpha value is -0.420. The number of carbonyl (C=O) groups is 1. The van der Waals surface area contributed by atoms with Crippen LogP contribution in [0.15, 0.2) is 0 Å². The fraction of sp³-hybridized carbons (Fsp3) is 0.900. The molecule has 0 heterocycles. The standard InChI is InChI=1S/C10H22N2O2S/c1-4-5-9(11)6-10(13)12-7-8(2)15(3)14/h8-9H,4-7,11H2,1-3H3,(H,12,13). The van der Waals surface area contributed by atoms with E-state index in [0.29, 0.717) is 13.0 Å². The van der Waals surface area contributed by atoms with Crippen molar-refractivity contribution in [3.63, 3.8) is 0 Å². The van der Waals surface area contributed by atoms with Crippen molar-refractivity contribution in [2.45, 2.75) is 44.4 Å². The molecule has 0 saturated heterocycles. The van der Waals surface area contributed by atoms with Gasteiger partial charge in [-0.15, -0.1) is 0 Å². The van der Waals surface area contributed by atoms with E-state index in [1.165, 1.54) is 0 Å². The normalized spacial score (nSPS) is 16.8. The zero-order chi connectivity index (χ0) is 11.8. The minimum Gasteiger partial charge on any atom is -0.355 e. The summed E-state index contributed by atoms with van der Waals surface area (Å²) in [7, 11) is -0.889. The fourth-order valence-corrected chi connectivity index (χ4v) is 1.48. The van der Waals surface area contributed by atoms with Crippen molar-refractivity contribution < 1.29 is 9.00 Å². The van der Waals surface area contributed by atoms with Crippen molar-refractivity contribution in [1.29, 1.82) is 0 Å². The van der Waals surface area contributed by atoms with E-state index in [-0.39, 0.29) is 17.2 Å². The van der Waals surface area contributed by atoms with Crippen molar-refractivity contribution in [2.24, 2.45) is 5.73 Å². The van der Waals surface area contributed by atoms with Crippen LogP contribution in [0.1, 0.15) is 33.1 Å². The largest absolute Gasteiger partial charge is 0.355 e. The van der Waals surface area contributed by atoms with Gasteiger partial charge in [0.2, 0.25) is 5.91 Å². The molecule has 3 unspecified atom stereocenters. The smallest absolute Gasteiger partial charge is 0.221 e. The molecular formula is C10H22N2O2S. The first-order valence-electron chi connectivity index (χ1n) is 5.31. The quantitative estimate of drug-likeness (QED) is 0.669. The number of amides is 1. The molecule has 0 aliphatic carbocycles. The van der Waals surface area contributed by atoms with Crippen LogP contribution in [0, 0.1) is 0 Å². The van der Waals surface area contributed by atoms with Crippen LogP contribution in [-0.2, 0) is 15.6 Å². The Kier molecular flexibility index (Phi) is 7.60. The van der Waals surface area contributed by atoms with E-state index in [4.69, 9.17) is 5.73 Å². The summed E-state index contributed by atoms with van der Waals surface area (Å²) < 4.78 is 11.0. The molecule has 0 spiro atoms. The maximum atomic E-state index is 11.4. The topological polar surface area (TPSA) is 72.2 Å². The van der Waals surface area contributed by atoms with E-state index in [1.807, 2.05) is 13.8 Å². The summed E-state index contributed by atoms with van der Waals surface area (Å²) in [4.78, 5) is 11.4. The molecule has 90 valence electrons. The second-order valence-electron chi connectivity index (χ2n) is 3.87. The van der Waals surface area contributed by atoms with Crippen LogP contribution >= 0.6 is 0 Å². The first-order chi connectivity index (χ1) is 6.97. The highest BCUT2D eigenvalue weighted by molar-refractivity contribution is 7.84. The number of hydrogen-bond acceptors (Lipinski definition) is 3. The number of hydrogen-bond donors (Lipinski definition) is 2. The Morgan fingerprint density at radius 1 is 1.53 bits per heavy atom. The van der Waals surface area contributed by atoms with Crippen molar-refractivity contribution in [3.8, 4) is 0 Å². The van der Waals surface area contributed by atoms with Crippen molar-refractivity contribution >= 4 is 16.7 Å². The van der Waals surface area contributed by atoms with Gasteiger partial charge in [-0.2, -0.15) is 0 Å². The van der Waals surface area contributed by atoms with Crippen LogP contribution < -0.4 is 11.1 Å². The second-order valence-corrected chi connectivity index (χ2v) is 5.67. The van der Waals surface area contributed by atoms with Crippen molar-refractivity contribution in [3.05, 3.63) is 0 Å². The summed E-state index contributed by atoms with van der Waals surface area (Å²) in [5, 5.41) is 2.74. The van der Waals surface area contributed by atoms with Crippen LogP contribution in [0.4, 0.5) is 0 Å². The average molecular weight is 234 g/mol. The lowest BCUT2D eigenvalue weighted by Gasteiger charge is -2.12. The molecule has 4 nitrogen and oxygen atoms in total. The molecule has 1 amide bonds. The van der Waals surface area contributed by atoms with Crippen LogP contribution in [0.3, 0.4) is 0 Å². The molecule has 3 atom stereocenters. The second kappa shape index (κ2) is 7.82. The van der Waals surface area contributed by atoms with Crippen LogP contribution in [0.2, 0.25) is 0 Å². The molecule has 0 aromatic rings. The first-order valence-corrected chi connectivity index (χ1v) is 6.94. The molecule has 0 rings (SSSR count). The number of nitrogens with one attached hydrogen (secondary N) is 1. The van der Waals surface area contributed by atoms with E-state index in [1.54, 1.807) is 6.26 Å². The summed E-state index contributed by atoms with van der Waals surface area (Å²) in [5.41, 5.74) is 5.73. The van der Waals surface area contributed by atoms with Gasteiger partial charge in [-0.1, -0.05) is 13.3 Å². The molecule has 15 heavy (non-hydrogen) atoms. The molecule has 0 aromatic heterocycles. The summed E-state index contributed by atoms with van der Waals surface area (Å²) in [5.74, 6) is -0.0479. The van der Waals surface area contributed by atoms with E-state index in [0.717, 1.165) is 12.8 Å². The molecule has 0 aliphatic heterocycles. The number of rotatable bonds is 7. The Bertz CT molecular complexity index is 221. The molecule has 0 fully saturated rings. The first kappa shape index (κ1) is 14.6. The lowest BCUT2D eigenvalue weighted by molar-refractivity contribution is -0.121. The predicted octanol–water partition coefficient (Wildman–Crippen LogP) is 0.387. The van der Waals surface area contributed by atoms with Gasteiger partial charge in [0.05, 0.1) is 0 Å². The van der Waals surface area contributed by atoms with Crippen molar-refractivity contribution in [1.82, 2.24) is 5.32 Å². The van der Waals surface area contributed by atoms with Gasteiger partial charge in [-0.25, -0.2) is 0 Å². The SMILES string of the molecule is CCCC(N)CC(=O)NCC(C)S(C)=O. The molecule has 0 radical (unpaired) electrons. The highest BCUT2D eigenvalue weighted by atomic mass is 32.2. The average Bonchev–Trinajstić information content (AvgIpc) is 2.14. The highest BCUT2D eigenvalue weighted by Gasteiger charge is 2.11. The van der Waals surface area contributed by atoms with Gasteiger partial charge in [-0.3, -0.25) is 9.00 Å². The maximum Gasteiger partial charge on any atom is 0.221 e. The lowest BCUT2D eigenvalue weighted by atomic mass is 10.1. The monoisotopic (exact) mass is 234 g/mol. The van der Waals surface area contributed by atoms with E-state index in [2.05, 4.69) is 5.32 Å². The molecule has 3 N–H and O–H groups in total. The third-order valence-corrected chi connectivity index (χ3v) is 3.56. The van der Waals surface area contributed by atoms with Crippen LogP contribution in [-0.4, -0.2) is 34.2 Å². The number of nitrogens with two attached hydrogens (primary N) is 1. The van der Waals surface area contributed by atoms with Crippen LogP contribution in [0.25, 0.3) is 0 Å². The van der Waals surface area contributed by atoms with Gasteiger partial charge in [0, 0.05) is 41.3 Å². The van der Waals surface area contributed by atoms with Gasteiger partial charge in [0.25, 0.3) is 0 Å². The lowest BCUT2D eigenvalue weighted by Crippen LogP contribution is -2.36. The summed E-state index contributed by atoms with van der Waals surface area (Å²) in [6, 6.07) is -0.0579. The van der Waals surface area contributed by atoms with Gasteiger partial charge in [-0.05, 0) is 13.3 Å². The van der Waals surface area contributed by atoms with E-state index >= 15 is 0 Å². The van der Waals surface area contributed by atoms with E-state index in [9.17, 15) is 9.00 Å².